The van der Waals surface area contributed by atoms with Crippen molar-refractivity contribution in [3.05, 3.63) is 28.4 Å². The molecular formula is C13H12BrN3O2. The first kappa shape index (κ1) is 12.2. The molecule has 3 rings (SSSR count). The lowest BCUT2D eigenvalue weighted by molar-refractivity contribution is 0.171. The summed E-state index contributed by atoms with van der Waals surface area (Å²) in [5.74, 6) is 2.47. The molecule has 0 aliphatic carbocycles. The summed E-state index contributed by atoms with van der Waals surface area (Å²) in [6.07, 6.45) is 0. The van der Waals surface area contributed by atoms with Gasteiger partial charge in [0.1, 0.15) is 19.0 Å². The Morgan fingerprint density at radius 2 is 1.89 bits per heavy atom. The molecule has 1 aromatic carbocycles. The van der Waals surface area contributed by atoms with Gasteiger partial charge >= 0.3 is 0 Å². The fourth-order valence-electron chi connectivity index (χ4n) is 1.89. The number of halogens is 1. The second kappa shape index (κ2) is 4.70. The monoisotopic (exact) mass is 321 g/mol. The van der Waals surface area contributed by atoms with Crippen LogP contribution in [0.3, 0.4) is 0 Å². The summed E-state index contributed by atoms with van der Waals surface area (Å²) in [4.78, 5) is 8.69. The van der Waals surface area contributed by atoms with Crippen molar-refractivity contribution in [2.75, 3.05) is 18.9 Å². The summed E-state index contributed by atoms with van der Waals surface area (Å²) in [7, 11) is 0. The van der Waals surface area contributed by atoms with Crippen molar-refractivity contribution in [2.24, 2.45) is 0 Å². The average molecular weight is 322 g/mol. The molecule has 2 N–H and O–H groups in total. The van der Waals surface area contributed by atoms with Crippen LogP contribution in [0.1, 0.15) is 5.69 Å². The highest BCUT2D eigenvalue weighted by molar-refractivity contribution is 9.10. The van der Waals surface area contributed by atoms with Gasteiger partial charge in [0.25, 0.3) is 0 Å². The Morgan fingerprint density at radius 3 is 2.63 bits per heavy atom. The van der Waals surface area contributed by atoms with Crippen LogP contribution in [0.4, 0.5) is 5.82 Å². The van der Waals surface area contributed by atoms with Crippen LogP contribution >= 0.6 is 15.9 Å². The van der Waals surface area contributed by atoms with E-state index in [0.717, 1.165) is 21.5 Å². The molecule has 1 aromatic heterocycles. The molecule has 0 spiro atoms. The van der Waals surface area contributed by atoms with E-state index < -0.39 is 0 Å². The van der Waals surface area contributed by atoms with Crippen LogP contribution < -0.4 is 15.2 Å². The van der Waals surface area contributed by atoms with Gasteiger partial charge in [0.2, 0.25) is 0 Å². The zero-order valence-corrected chi connectivity index (χ0v) is 11.9. The molecule has 2 aromatic rings. The van der Waals surface area contributed by atoms with Gasteiger partial charge in [0.15, 0.2) is 17.3 Å². The van der Waals surface area contributed by atoms with Crippen molar-refractivity contribution in [3.8, 4) is 22.9 Å². The molecule has 2 heterocycles. The third kappa shape index (κ3) is 2.23. The predicted molar refractivity (Wildman–Crippen MR) is 75.3 cm³/mol. The second-order valence-corrected chi connectivity index (χ2v) is 4.98. The number of aryl methyl sites for hydroxylation is 1. The summed E-state index contributed by atoms with van der Waals surface area (Å²) in [5.41, 5.74) is 7.50. The number of nitrogens with zero attached hydrogens (tertiary/aromatic N) is 2. The Kier molecular flexibility index (Phi) is 3.02. The molecule has 0 unspecified atom stereocenters. The van der Waals surface area contributed by atoms with E-state index in [1.54, 1.807) is 0 Å². The van der Waals surface area contributed by atoms with Gasteiger partial charge in [-0.05, 0) is 41.1 Å². The Labute approximate surface area is 118 Å². The number of nitrogen functional groups attached to an aromatic ring is 1. The smallest absolute Gasteiger partial charge is 0.162 e. The van der Waals surface area contributed by atoms with Crippen molar-refractivity contribution in [2.45, 2.75) is 6.92 Å². The van der Waals surface area contributed by atoms with Crippen molar-refractivity contribution in [1.29, 1.82) is 0 Å². The number of rotatable bonds is 1. The van der Waals surface area contributed by atoms with Crippen molar-refractivity contribution >= 4 is 21.7 Å². The van der Waals surface area contributed by atoms with Gasteiger partial charge in [-0.3, -0.25) is 0 Å². The van der Waals surface area contributed by atoms with Crippen LogP contribution in [0, 0.1) is 6.92 Å². The normalized spacial score (nSPS) is 13.4. The number of anilines is 1. The lowest BCUT2D eigenvalue weighted by Crippen LogP contribution is -2.15. The quantitative estimate of drug-likeness (QED) is 0.874. The molecule has 5 nitrogen and oxygen atoms in total. The molecule has 0 fully saturated rings. The number of ether oxygens (including phenoxy) is 2. The summed E-state index contributed by atoms with van der Waals surface area (Å²) in [5, 5.41) is 0. The van der Waals surface area contributed by atoms with E-state index in [4.69, 9.17) is 15.2 Å². The third-order valence-electron chi connectivity index (χ3n) is 2.84. The van der Waals surface area contributed by atoms with Gasteiger partial charge in [0.05, 0.1) is 10.2 Å². The van der Waals surface area contributed by atoms with Crippen molar-refractivity contribution in [3.63, 3.8) is 0 Å². The molecule has 1 aliphatic heterocycles. The number of hydrogen-bond donors (Lipinski definition) is 1. The highest BCUT2D eigenvalue weighted by atomic mass is 79.9. The van der Waals surface area contributed by atoms with Crippen LogP contribution in [0.2, 0.25) is 0 Å². The highest BCUT2D eigenvalue weighted by Crippen LogP contribution is 2.34. The first-order valence-corrected chi connectivity index (χ1v) is 6.64. The van der Waals surface area contributed by atoms with Crippen molar-refractivity contribution in [1.82, 2.24) is 9.97 Å². The van der Waals surface area contributed by atoms with Gasteiger partial charge in [0, 0.05) is 5.56 Å². The maximum absolute atomic E-state index is 5.84. The number of nitrogens with two attached hydrogens (primary N) is 1. The highest BCUT2D eigenvalue weighted by Gasteiger charge is 2.14. The average Bonchev–Trinajstić information content (AvgIpc) is 2.43. The van der Waals surface area contributed by atoms with Gasteiger partial charge in [-0.15, -0.1) is 0 Å². The van der Waals surface area contributed by atoms with Crippen LogP contribution in [0.25, 0.3) is 11.4 Å². The molecule has 0 radical (unpaired) electrons. The first-order valence-electron chi connectivity index (χ1n) is 5.85. The fourth-order valence-corrected chi connectivity index (χ4v) is 2.07. The Morgan fingerprint density at radius 1 is 1.16 bits per heavy atom. The summed E-state index contributed by atoms with van der Waals surface area (Å²) in [6, 6.07) is 5.63. The van der Waals surface area contributed by atoms with E-state index in [1.807, 2.05) is 25.1 Å². The zero-order valence-electron chi connectivity index (χ0n) is 10.3. The molecule has 0 saturated heterocycles. The molecule has 0 atom stereocenters. The fraction of sp³-hybridized carbons (Fsp3) is 0.231. The Hall–Kier alpha value is -1.82. The predicted octanol–water partition coefficient (Wildman–Crippen LogP) is 2.57. The summed E-state index contributed by atoms with van der Waals surface area (Å²) in [6.45, 7) is 3.01. The van der Waals surface area contributed by atoms with Crippen LogP contribution in [-0.4, -0.2) is 23.2 Å². The number of aromatic nitrogens is 2. The van der Waals surface area contributed by atoms with E-state index in [9.17, 15) is 0 Å². The number of hydrogen-bond acceptors (Lipinski definition) is 5. The van der Waals surface area contributed by atoms with Crippen LogP contribution in [0.15, 0.2) is 22.7 Å². The van der Waals surface area contributed by atoms with Crippen LogP contribution in [0.5, 0.6) is 11.5 Å². The standard InChI is InChI=1S/C13H12BrN3O2/c1-7-11(14)12(15)17-13(16-7)8-2-3-9-10(6-8)19-5-4-18-9/h2-3,6H,4-5H2,1H3,(H2,15,16,17). The lowest BCUT2D eigenvalue weighted by atomic mass is 10.1. The molecule has 6 heteroatoms. The molecule has 0 amide bonds. The minimum absolute atomic E-state index is 0.428. The van der Waals surface area contributed by atoms with E-state index >= 15 is 0 Å². The minimum atomic E-state index is 0.428. The maximum atomic E-state index is 5.84. The lowest BCUT2D eigenvalue weighted by Gasteiger charge is -2.18. The van der Waals surface area contributed by atoms with Gasteiger partial charge in [-0.2, -0.15) is 0 Å². The Balaban J connectivity index is 2.07. The topological polar surface area (TPSA) is 70.3 Å². The summed E-state index contributed by atoms with van der Waals surface area (Å²) >= 11 is 3.35. The molecule has 19 heavy (non-hydrogen) atoms. The van der Waals surface area contributed by atoms with Gasteiger partial charge < -0.3 is 15.2 Å². The van der Waals surface area contributed by atoms with Gasteiger partial charge in [-0.25, -0.2) is 9.97 Å². The van der Waals surface area contributed by atoms with E-state index in [-0.39, 0.29) is 0 Å². The first-order chi connectivity index (χ1) is 9.15. The van der Waals surface area contributed by atoms with Gasteiger partial charge in [-0.1, -0.05) is 0 Å². The number of fused-ring (bicyclic) bond motifs is 1. The van der Waals surface area contributed by atoms with E-state index in [0.29, 0.717) is 30.6 Å². The maximum Gasteiger partial charge on any atom is 0.162 e. The van der Waals surface area contributed by atoms with E-state index in [2.05, 4.69) is 25.9 Å². The SMILES string of the molecule is Cc1nc(-c2ccc3c(c2)OCCO3)nc(N)c1Br. The largest absolute Gasteiger partial charge is 0.486 e. The van der Waals surface area contributed by atoms with Crippen LogP contribution in [-0.2, 0) is 0 Å². The zero-order chi connectivity index (χ0) is 13.4. The molecular weight excluding hydrogens is 310 g/mol. The molecule has 0 bridgehead atoms. The summed E-state index contributed by atoms with van der Waals surface area (Å²) < 4.78 is 11.8. The second-order valence-electron chi connectivity index (χ2n) is 4.19. The Bertz CT molecular complexity index is 623. The van der Waals surface area contributed by atoms with E-state index in [1.165, 1.54) is 0 Å². The van der Waals surface area contributed by atoms with Crippen molar-refractivity contribution < 1.29 is 9.47 Å². The third-order valence-corrected chi connectivity index (χ3v) is 3.82. The number of benzene rings is 1. The molecule has 98 valence electrons. The molecule has 1 aliphatic rings. The minimum Gasteiger partial charge on any atom is -0.486 e. The molecule has 0 saturated carbocycles.